The van der Waals surface area contributed by atoms with Crippen LogP contribution in [0.4, 0.5) is 5.13 Å². The average Bonchev–Trinajstić information content (AvgIpc) is 3.11. The van der Waals surface area contributed by atoms with Crippen LogP contribution in [0.15, 0.2) is 48.1 Å². The number of aryl methyl sites for hydroxylation is 1. The number of anilines is 1. The van der Waals surface area contributed by atoms with E-state index in [2.05, 4.69) is 20.3 Å². The summed E-state index contributed by atoms with van der Waals surface area (Å²) in [5, 5.41) is 4.94. The molecule has 0 saturated carbocycles. The van der Waals surface area contributed by atoms with Crippen molar-refractivity contribution >= 4 is 28.3 Å². The number of carbonyl (C=O) groups excluding carboxylic acids is 2. The molecule has 0 saturated heterocycles. The second-order valence-electron chi connectivity index (χ2n) is 5.48. The molecule has 0 bridgehead atoms. The summed E-state index contributed by atoms with van der Waals surface area (Å²) >= 11 is 1.30. The van der Waals surface area contributed by atoms with Crippen LogP contribution >= 0.6 is 11.3 Å². The molecule has 0 spiro atoms. The Hall–Kier alpha value is -3.13. The molecule has 0 aliphatic carbocycles. The highest BCUT2D eigenvalue weighted by atomic mass is 32.1. The maximum Gasteiger partial charge on any atom is 0.359 e. The van der Waals surface area contributed by atoms with E-state index in [1.54, 1.807) is 6.92 Å². The first-order chi connectivity index (χ1) is 12.5. The van der Waals surface area contributed by atoms with Crippen molar-refractivity contribution in [3.8, 4) is 11.3 Å². The van der Waals surface area contributed by atoms with Gasteiger partial charge >= 0.3 is 5.97 Å². The topological polar surface area (TPSA) is 94.1 Å². The lowest BCUT2D eigenvalue weighted by Crippen LogP contribution is -2.30. The Morgan fingerprint density at radius 3 is 2.62 bits per heavy atom. The predicted molar refractivity (Wildman–Crippen MR) is 97.8 cm³/mol. The molecule has 132 valence electrons. The van der Waals surface area contributed by atoms with E-state index in [1.807, 2.05) is 35.7 Å². The smallest absolute Gasteiger partial charge is 0.359 e. The number of nitrogens with zero attached hydrogens (tertiary/aromatic N) is 3. The summed E-state index contributed by atoms with van der Waals surface area (Å²) < 4.78 is 5.13. The van der Waals surface area contributed by atoms with Gasteiger partial charge in [-0.1, -0.05) is 30.3 Å². The monoisotopic (exact) mass is 368 g/mol. The van der Waals surface area contributed by atoms with Gasteiger partial charge in [0.1, 0.15) is 0 Å². The fraction of sp³-hybridized carbons (Fsp3) is 0.167. The molecule has 0 aliphatic rings. The van der Waals surface area contributed by atoms with Crippen molar-refractivity contribution < 1.29 is 14.3 Å². The summed E-state index contributed by atoms with van der Waals surface area (Å²) in [7, 11) is 0. The third-order valence-electron chi connectivity index (χ3n) is 3.45. The zero-order valence-corrected chi connectivity index (χ0v) is 15.0. The minimum absolute atomic E-state index is 0.0517. The van der Waals surface area contributed by atoms with Gasteiger partial charge < -0.3 is 4.74 Å². The number of benzene rings is 1. The summed E-state index contributed by atoms with van der Waals surface area (Å²) in [6.45, 7) is 3.25. The number of aromatic nitrogens is 3. The van der Waals surface area contributed by atoms with E-state index < -0.39 is 18.0 Å². The van der Waals surface area contributed by atoms with Gasteiger partial charge in [0.05, 0.1) is 17.6 Å². The van der Waals surface area contributed by atoms with E-state index >= 15 is 0 Å². The van der Waals surface area contributed by atoms with Gasteiger partial charge in [0.25, 0.3) is 5.91 Å². The Kier molecular flexibility index (Phi) is 5.33. The molecule has 3 rings (SSSR count). The Labute approximate surface area is 154 Å². The van der Waals surface area contributed by atoms with Gasteiger partial charge in [0, 0.05) is 17.1 Å². The summed E-state index contributed by atoms with van der Waals surface area (Å²) in [5.41, 5.74) is 2.47. The lowest BCUT2D eigenvalue weighted by molar-refractivity contribution is -0.123. The van der Waals surface area contributed by atoms with Crippen molar-refractivity contribution in [2.75, 3.05) is 5.32 Å². The van der Waals surface area contributed by atoms with Crippen LogP contribution in [-0.4, -0.2) is 32.9 Å². The highest BCUT2D eigenvalue weighted by molar-refractivity contribution is 7.14. The Balaban J connectivity index is 1.60. The Bertz CT molecular complexity index is 910. The summed E-state index contributed by atoms with van der Waals surface area (Å²) in [4.78, 5) is 36.5. The van der Waals surface area contributed by atoms with E-state index in [9.17, 15) is 9.59 Å². The zero-order valence-electron chi connectivity index (χ0n) is 14.2. The Morgan fingerprint density at radius 1 is 1.15 bits per heavy atom. The molecule has 0 radical (unpaired) electrons. The third kappa shape index (κ3) is 4.28. The van der Waals surface area contributed by atoms with E-state index in [0.29, 0.717) is 10.8 Å². The molecule has 1 atom stereocenters. The van der Waals surface area contributed by atoms with E-state index in [0.717, 1.165) is 11.3 Å². The number of esters is 1. The van der Waals surface area contributed by atoms with Gasteiger partial charge in [-0.15, -0.1) is 11.3 Å². The molecule has 1 amide bonds. The number of hydrogen-bond acceptors (Lipinski definition) is 7. The molecular weight excluding hydrogens is 352 g/mol. The van der Waals surface area contributed by atoms with Crippen molar-refractivity contribution in [2.45, 2.75) is 20.0 Å². The van der Waals surface area contributed by atoms with Gasteiger partial charge in [-0.25, -0.2) is 14.8 Å². The molecule has 8 heteroatoms. The maximum absolute atomic E-state index is 12.2. The zero-order chi connectivity index (χ0) is 18.5. The van der Waals surface area contributed by atoms with Crippen molar-refractivity contribution in [2.24, 2.45) is 0 Å². The van der Waals surface area contributed by atoms with Crippen LogP contribution in [0.2, 0.25) is 0 Å². The van der Waals surface area contributed by atoms with Crippen LogP contribution in [0.25, 0.3) is 11.3 Å². The average molecular weight is 368 g/mol. The molecule has 0 unspecified atom stereocenters. The number of carbonyl (C=O) groups is 2. The summed E-state index contributed by atoms with van der Waals surface area (Å²) in [6, 6.07) is 9.64. The molecule has 3 aromatic rings. The SMILES string of the molecule is Cc1cnc(C(=O)O[C@@H](C)C(=O)Nc2nc(-c3ccccc3)cs2)cn1. The fourth-order valence-electron chi connectivity index (χ4n) is 2.05. The van der Waals surface area contributed by atoms with Gasteiger partial charge in [-0.05, 0) is 13.8 Å². The largest absolute Gasteiger partial charge is 0.448 e. The van der Waals surface area contributed by atoms with Crippen molar-refractivity contribution in [3.05, 3.63) is 59.5 Å². The number of rotatable bonds is 5. The molecular formula is C18H16N4O3S. The molecule has 1 N–H and O–H groups in total. The second-order valence-corrected chi connectivity index (χ2v) is 6.34. The quantitative estimate of drug-likeness (QED) is 0.696. The minimum atomic E-state index is -0.991. The van der Waals surface area contributed by atoms with Gasteiger partial charge in [0.15, 0.2) is 16.9 Å². The highest BCUT2D eigenvalue weighted by Gasteiger charge is 2.21. The number of thiazole rings is 1. The number of hydrogen-bond donors (Lipinski definition) is 1. The first kappa shape index (κ1) is 17.7. The molecule has 1 aromatic carbocycles. The first-order valence-corrected chi connectivity index (χ1v) is 8.72. The van der Waals surface area contributed by atoms with E-state index in [4.69, 9.17) is 4.74 Å². The minimum Gasteiger partial charge on any atom is -0.448 e. The van der Waals surface area contributed by atoms with Crippen LogP contribution in [0, 0.1) is 6.92 Å². The second kappa shape index (κ2) is 7.83. The van der Waals surface area contributed by atoms with Crippen molar-refractivity contribution in [1.82, 2.24) is 15.0 Å². The molecule has 7 nitrogen and oxygen atoms in total. The fourth-order valence-corrected chi connectivity index (χ4v) is 2.77. The van der Waals surface area contributed by atoms with Crippen molar-refractivity contribution in [3.63, 3.8) is 0 Å². The molecule has 26 heavy (non-hydrogen) atoms. The third-order valence-corrected chi connectivity index (χ3v) is 4.20. The van der Waals surface area contributed by atoms with E-state index in [1.165, 1.54) is 30.7 Å². The Morgan fingerprint density at radius 2 is 1.92 bits per heavy atom. The normalized spacial score (nSPS) is 11.6. The van der Waals surface area contributed by atoms with Crippen LogP contribution in [0.3, 0.4) is 0 Å². The van der Waals surface area contributed by atoms with Crippen LogP contribution in [-0.2, 0) is 9.53 Å². The standard InChI is InChI=1S/C18H16N4O3S/c1-11-8-20-14(9-19-11)17(24)25-12(2)16(23)22-18-21-15(10-26-18)13-6-4-3-5-7-13/h3-10,12H,1-2H3,(H,21,22,23)/t12-/m0/s1. The van der Waals surface area contributed by atoms with Crippen LogP contribution in [0.5, 0.6) is 0 Å². The first-order valence-electron chi connectivity index (χ1n) is 7.84. The number of amides is 1. The summed E-state index contributed by atoms with van der Waals surface area (Å²) in [5.74, 6) is -1.17. The predicted octanol–water partition coefficient (Wildman–Crippen LogP) is 3.09. The van der Waals surface area contributed by atoms with Gasteiger partial charge in [-0.3, -0.25) is 15.1 Å². The van der Waals surface area contributed by atoms with Gasteiger partial charge in [0.2, 0.25) is 0 Å². The molecule has 0 aliphatic heterocycles. The van der Waals surface area contributed by atoms with E-state index in [-0.39, 0.29) is 5.69 Å². The summed E-state index contributed by atoms with van der Waals surface area (Å²) in [6.07, 6.45) is 1.78. The van der Waals surface area contributed by atoms with Crippen LogP contribution in [0.1, 0.15) is 23.1 Å². The van der Waals surface area contributed by atoms with Crippen LogP contribution < -0.4 is 5.32 Å². The number of ether oxygens (including phenoxy) is 1. The molecule has 0 fully saturated rings. The highest BCUT2D eigenvalue weighted by Crippen LogP contribution is 2.24. The molecule has 2 heterocycles. The number of nitrogens with one attached hydrogen (secondary N) is 1. The van der Waals surface area contributed by atoms with Crippen molar-refractivity contribution in [1.29, 1.82) is 0 Å². The van der Waals surface area contributed by atoms with Gasteiger partial charge in [-0.2, -0.15) is 0 Å². The lowest BCUT2D eigenvalue weighted by atomic mass is 10.2. The maximum atomic E-state index is 12.2. The lowest BCUT2D eigenvalue weighted by Gasteiger charge is -2.11. The molecule has 2 aromatic heterocycles.